The molecule has 0 N–H and O–H groups in total. The summed E-state index contributed by atoms with van der Waals surface area (Å²) in [4.78, 5) is 0. The monoisotopic (exact) mass is 530 g/mol. The van der Waals surface area contributed by atoms with E-state index in [2.05, 4.69) is 13.8 Å². The van der Waals surface area contributed by atoms with E-state index in [4.69, 9.17) is 9.47 Å². The predicted octanol–water partition coefficient (Wildman–Crippen LogP) is 10.5. The van der Waals surface area contributed by atoms with E-state index in [1.165, 1.54) is 50.7 Å². The second kappa shape index (κ2) is 14.8. The Balaban J connectivity index is 1.59. The van der Waals surface area contributed by atoms with Gasteiger partial charge in [-0.25, -0.2) is 8.78 Å². The molecular weight excluding hydrogens is 492 g/mol. The van der Waals surface area contributed by atoms with Gasteiger partial charge < -0.3 is 9.47 Å². The summed E-state index contributed by atoms with van der Waals surface area (Å²) in [5.41, 5.74) is 0.592. The molecule has 0 aliphatic rings. The zero-order valence-corrected chi connectivity index (χ0v) is 22.4. The van der Waals surface area contributed by atoms with Gasteiger partial charge in [-0.05, 0) is 66.8 Å². The van der Waals surface area contributed by atoms with E-state index >= 15 is 4.39 Å². The van der Waals surface area contributed by atoms with E-state index in [0.717, 1.165) is 55.4 Å². The largest absolute Gasteiger partial charge is 0.454 e. The maximum absolute atomic E-state index is 15.0. The molecule has 6 heteroatoms. The Morgan fingerprint density at radius 2 is 1.16 bits per heavy atom. The second-order valence-electron chi connectivity index (χ2n) is 9.72. The Morgan fingerprint density at radius 3 is 1.76 bits per heavy atom. The smallest absolute Gasteiger partial charge is 0.432 e. The van der Waals surface area contributed by atoms with Gasteiger partial charge in [0.05, 0.1) is 0 Å². The fraction of sp³-hybridized carbons (Fsp3) is 0.438. The molecule has 0 aliphatic carbocycles. The number of hydrogen-bond donors (Lipinski definition) is 0. The number of aryl methyl sites for hydroxylation is 2. The summed E-state index contributed by atoms with van der Waals surface area (Å²) < 4.78 is 69.6. The molecule has 0 heterocycles. The Bertz CT molecular complexity index is 1110. The Labute approximate surface area is 224 Å². The van der Waals surface area contributed by atoms with E-state index in [9.17, 15) is 13.2 Å². The minimum atomic E-state index is -4.24. The topological polar surface area (TPSA) is 18.5 Å². The van der Waals surface area contributed by atoms with Gasteiger partial charge in [0.15, 0.2) is 11.6 Å². The first-order valence-corrected chi connectivity index (χ1v) is 13.7. The SMILES string of the molecule is CCCCCCCCCCc1ccc(OC(F)(F)c2c(F)ccc(Oc3ccc(CCC)cc3)c2F)cc1. The fourth-order valence-corrected chi connectivity index (χ4v) is 4.41. The molecule has 3 aromatic rings. The molecule has 0 bridgehead atoms. The lowest BCUT2D eigenvalue weighted by molar-refractivity contribution is -0.189. The van der Waals surface area contributed by atoms with Crippen LogP contribution in [0.5, 0.6) is 17.2 Å². The summed E-state index contributed by atoms with van der Waals surface area (Å²) >= 11 is 0. The summed E-state index contributed by atoms with van der Waals surface area (Å²) in [6.45, 7) is 4.25. The van der Waals surface area contributed by atoms with Gasteiger partial charge >= 0.3 is 6.11 Å². The molecule has 0 aromatic heterocycles. The first kappa shape index (κ1) is 29.5. The van der Waals surface area contributed by atoms with Crippen LogP contribution >= 0.6 is 0 Å². The van der Waals surface area contributed by atoms with Crippen LogP contribution in [0.2, 0.25) is 0 Å². The van der Waals surface area contributed by atoms with Crippen LogP contribution in [0, 0.1) is 11.6 Å². The molecule has 0 fully saturated rings. The minimum Gasteiger partial charge on any atom is -0.454 e. The third kappa shape index (κ3) is 8.78. The van der Waals surface area contributed by atoms with E-state index in [0.29, 0.717) is 0 Å². The van der Waals surface area contributed by atoms with E-state index in [1.807, 2.05) is 12.1 Å². The molecule has 3 aromatic carbocycles. The number of hydrogen-bond acceptors (Lipinski definition) is 2. The highest BCUT2D eigenvalue weighted by molar-refractivity contribution is 5.39. The van der Waals surface area contributed by atoms with Gasteiger partial charge in [-0.2, -0.15) is 8.78 Å². The lowest BCUT2D eigenvalue weighted by atomic mass is 10.0. The summed E-state index contributed by atoms with van der Waals surface area (Å²) in [6.07, 6.45) is 8.13. The maximum atomic E-state index is 15.0. The molecule has 0 saturated heterocycles. The number of unbranched alkanes of at least 4 members (excludes halogenated alkanes) is 7. The standard InChI is InChI=1S/C32H38F4O2/c1-3-5-6-7-8-9-10-11-13-25-16-20-27(21-17-25)38-32(35,36)30-28(33)22-23-29(31(30)34)37-26-18-14-24(12-4-2)15-19-26/h14-23H,3-13H2,1-2H3. The third-order valence-electron chi connectivity index (χ3n) is 6.52. The van der Waals surface area contributed by atoms with Gasteiger partial charge in [-0.3, -0.25) is 0 Å². The van der Waals surface area contributed by atoms with Crippen LogP contribution in [0.1, 0.15) is 88.3 Å². The van der Waals surface area contributed by atoms with Crippen molar-refractivity contribution >= 4 is 0 Å². The van der Waals surface area contributed by atoms with Crippen molar-refractivity contribution in [1.82, 2.24) is 0 Å². The molecule has 0 atom stereocenters. The van der Waals surface area contributed by atoms with Crippen LogP contribution < -0.4 is 9.47 Å². The molecule has 206 valence electrons. The Hall–Kier alpha value is -3.02. The molecule has 0 aliphatic heterocycles. The normalized spacial score (nSPS) is 11.5. The van der Waals surface area contributed by atoms with Crippen molar-refractivity contribution < 1.29 is 27.0 Å². The minimum absolute atomic E-state index is 0.175. The summed E-state index contributed by atoms with van der Waals surface area (Å²) in [7, 11) is 0. The van der Waals surface area contributed by atoms with Gasteiger partial charge in [-0.1, -0.05) is 89.5 Å². The molecule has 0 unspecified atom stereocenters. The van der Waals surface area contributed by atoms with Gasteiger partial charge in [-0.15, -0.1) is 0 Å². The predicted molar refractivity (Wildman–Crippen MR) is 144 cm³/mol. The van der Waals surface area contributed by atoms with Gasteiger partial charge in [0, 0.05) is 0 Å². The highest BCUT2D eigenvalue weighted by Gasteiger charge is 2.42. The molecule has 0 spiro atoms. The average Bonchev–Trinajstić information content (AvgIpc) is 2.89. The molecule has 38 heavy (non-hydrogen) atoms. The zero-order chi connectivity index (χ0) is 27.4. The van der Waals surface area contributed by atoms with Gasteiger partial charge in [0.1, 0.15) is 22.9 Å². The van der Waals surface area contributed by atoms with Crippen LogP contribution in [0.3, 0.4) is 0 Å². The van der Waals surface area contributed by atoms with Gasteiger partial charge in [0.25, 0.3) is 0 Å². The van der Waals surface area contributed by atoms with Crippen LogP contribution in [0.4, 0.5) is 17.6 Å². The van der Waals surface area contributed by atoms with Crippen molar-refractivity contribution in [2.45, 2.75) is 90.6 Å². The van der Waals surface area contributed by atoms with E-state index in [-0.39, 0.29) is 11.5 Å². The van der Waals surface area contributed by atoms with Crippen LogP contribution in [0.15, 0.2) is 60.7 Å². The Morgan fingerprint density at radius 1 is 0.605 bits per heavy atom. The fourth-order valence-electron chi connectivity index (χ4n) is 4.41. The van der Waals surface area contributed by atoms with Crippen LogP contribution in [-0.4, -0.2) is 0 Å². The quantitative estimate of drug-likeness (QED) is 0.135. The summed E-state index contributed by atoms with van der Waals surface area (Å²) in [5.74, 6) is -3.33. The first-order valence-electron chi connectivity index (χ1n) is 13.7. The number of halogens is 4. The summed E-state index contributed by atoms with van der Waals surface area (Å²) in [6, 6.07) is 14.8. The van der Waals surface area contributed by atoms with Crippen molar-refractivity contribution in [3.05, 3.63) is 89.0 Å². The average molecular weight is 531 g/mol. The van der Waals surface area contributed by atoms with Crippen molar-refractivity contribution in [3.8, 4) is 17.2 Å². The molecule has 0 radical (unpaired) electrons. The van der Waals surface area contributed by atoms with E-state index < -0.39 is 29.1 Å². The second-order valence-corrected chi connectivity index (χ2v) is 9.72. The van der Waals surface area contributed by atoms with E-state index in [1.54, 1.807) is 24.3 Å². The van der Waals surface area contributed by atoms with Crippen LogP contribution in [-0.2, 0) is 19.0 Å². The number of benzene rings is 3. The molecule has 0 saturated carbocycles. The maximum Gasteiger partial charge on any atom is 0.432 e. The first-order chi connectivity index (χ1) is 18.3. The lowest BCUT2D eigenvalue weighted by Gasteiger charge is -2.20. The number of ether oxygens (including phenoxy) is 2. The zero-order valence-electron chi connectivity index (χ0n) is 22.4. The van der Waals surface area contributed by atoms with Crippen molar-refractivity contribution in [2.24, 2.45) is 0 Å². The molecular formula is C32H38F4O2. The lowest BCUT2D eigenvalue weighted by Crippen LogP contribution is -2.25. The number of alkyl halides is 2. The Kier molecular flexibility index (Phi) is 11.5. The van der Waals surface area contributed by atoms with Crippen molar-refractivity contribution in [3.63, 3.8) is 0 Å². The molecule has 3 rings (SSSR count). The molecule has 0 amide bonds. The highest BCUT2D eigenvalue weighted by atomic mass is 19.3. The number of rotatable bonds is 16. The van der Waals surface area contributed by atoms with Crippen LogP contribution in [0.25, 0.3) is 0 Å². The van der Waals surface area contributed by atoms with Gasteiger partial charge in [0.2, 0.25) is 0 Å². The van der Waals surface area contributed by atoms with Crippen molar-refractivity contribution in [2.75, 3.05) is 0 Å². The summed E-state index contributed by atoms with van der Waals surface area (Å²) in [5, 5.41) is 0. The van der Waals surface area contributed by atoms with Crippen molar-refractivity contribution in [1.29, 1.82) is 0 Å². The molecule has 2 nitrogen and oxygen atoms in total. The highest BCUT2D eigenvalue weighted by Crippen LogP contribution is 2.39. The third-order valence-corrected chi connectivity index (χ3v) is 6.52.